The quantitative estimate of drug-likeness (QED) is 0.639. The van der Waals surface area contributed by atoms with Crippen LogP contribution in [0.1, 0.15) is 22.3 Å². The molecule has 3 aromatic carbocycles. The molecule has 2 N–H and O–H groups in total. The van der Waals surface area contributed by atoms with Crippen LogP contribution in [0.5, 0.6) is 0 Å². The van der Waals surface area contributed by atoms with E-state index in [1.54, 1.807) is 0 Å². The number of hydrogen-bond donors (Lipinski definition) is 2. The maximum absolute atomic E-state index is 10.0. The molecular weight excluding hydrogens is 327 g/mol. The van der Waals surface area contributed by atoms with Gasteiger partial charge in [0.2, 0.25) is 0 Å². The topological polar surface area (TPSA) is 40.5 Å². The van der Waals surface area contributed by atoms with Crippen LogP contribution in [0.15, 0.2) is 54.6 Å². The van der Waals surface area contributed by atoms with E-state index in [9.17, 15) is 9.79 Å². The van der Waals surface area contributed by atoms with Crippen LogP contribution in [-0.4, -0.2) is 9.79 Å². The highest BCUT2D eigenvalue weighted by atomic mass is 31.2. The van der Waals surface area contributed by atoms with Crippen molar-refractivity contribution in [3.8, 4) is 22.3 Å². The number of rotatable bonds is 3. The van der Waals surface area contributed by atoms with Gasteiger partial charge >= 0.3 is 0 Å². The van der Waals surface area contributed by atoms with Crippen molar-refractivity contribution in [2.45, 2.75) is 27.7 Å². The van der Waals surface area contributed by atoms with Crippen LogP contribution in [0.3, 0.4) is 0 Å². The van der Waals surface area contributed by atoms with Crippen molar-refractivity contribution in [2.24, 2.45) is 0 Å². The van der Waals surface area contributed by atoms with Crippen LogP contribution in [-0.2, 0) is 0 Å². The molecule has 2 nitrogen and oxygen atoms in total. The van der Waals surface area contributed by atoms with Crippen LogP contribution < -0.4 is 5.30 Å². The summed E-state index contributed by atoms with van der Waals surface area (Å²) in [6.45, 7) is 8.32. The van der Waals surface area contributed by atoms with E-state index in [4.69, 9.17) is 0 Å². The van der Waals surface area contributed by atoms with Crippen LogP contribution >= 0.6 is 8.38 Å². The van der Waals surface area contributed by atoms with E-state index in [0.29, 0.717) is 5.30 Å². The summed E-state index contributed by atoms with van der Waals surface area (Å²) in [7, 11) is -2.18. The van der Waals surface area contributed by atoms with E-state index in [2.05, 4.69) is 70.2 Å². The normalized spacial score (nSPS) is 11.2. The summed E-state index contributed by atoms with van der Waals surface area (Å²) in [4.78, 5) is 20.0. The summed E-state index contributed by atoms with van der Waals surface area (Å²) in [6, 6.07) is 18.4. The largest absolute Gasteiger partial charge is 0.347 e. The van der Waals surface area contributed by atoms with Crippen molar-refractivity contribution >= 4 is 13.7 Å². The first-order valence-corrected chi connectivity index (χ1v) is 9.59. The van der Waals surface area contributed by atoms with Crippen LogP contribution in [0.4, 0.5) is 0 Å². The zero-order valence-electron chi connectivity index (χ0n) is 15.0. The Kier molecular flexibility index (Phi) is 5.06. The minimum atomic E-state index is -2.18. The maximum atomic E-state index is 10.0. The molecule has 128 valence electrons. The SMILES string of the molecule is Cc1ccc(-c2cccc(P(O)O)c2-c2ccc(C)cc2C)c(C)c1. The first-order chi connectivity index (χ1) is 11.9. The van der Waals surface area contributed by atoms with E-state index in [1.807, 2.05) is 12.1 Å². The summed E-state index contributed by atoms with van der Waals surface area (Å²) in [5, 5.41) is 0.597. The first-order valence-electron chi connectivity index (χ1n) is 8.34. The molecule has 3 heteroatoms. The molecule has 0 atom stereocenters. The fraction of sp³-hybridized carbons (Fsp3) is 0.182. The van der Waals surface area contributed by atoms with Crippen molar-refractivity contribution < 1.29 is 9.79 Å². The van der Waals surface area contributed by atoms with E-state index in [-0.39, 0.29) is 0 Å². The van der Waals surface area contributed by atoms with Gasteiger partial charge in [-0.2, -0.15) is 0 Å². The molecule has 3 rings (SSSR count). The first kappa shape index (κ1) is 17.8. The van der Waals surface area contributed by atoms with Crippen molar-refractivity contribution in [3.63, 3.8) is 0 Å². The highest BCUT2D eigenvalue weighted by molar-refractivity contribution is 7.54. The lowest BCUT2D eigenvalue weighted by Crippen LogP contribution is -2.07. The second-order valence-electron chi connectivity index (χ2n) is 6.63. The fourth-order valence-corrected chi connectivity index (χ4v) is 4.08. The zero-order chi connectivity index (χ0) is 18.1. The lowest BCUT2D eigenvalue weighted by atomic mass is 9.89. The summed E-state index contributed by atoms with van der Waals surface area (Å²) >= 11 is 0. The Labute approximate surface area is 150 Å². The molecule has 0 aliphatic heterocycles. The average Bonchev–Trinajstić information content (AvgIpc) is 2.54. The lowest BCUT2D eigenvalue weighted by Gasteiger charge is -2.19. The van der Waals surface area contributed by atoms with Gasteiger partial charge in [0, 0.05) is 10.9 Å². The van der Waals surface area contributed by atoms with E-state index in [0.717, 1.165) is 27.8 Å². The molecule has 0 saturated heterocycles. The van der Waals surface area contributed by atoms with Gasteiger partial charge in [0.05, 0.1) is 0 Å². The van der Waals surface area contributed by atoms with Gasteiger partial charge in [-0.3, -0.25) is 0 Å². The second-order valence-corrected chi connectivity index (χ2v) is 7.69. The van der Waals surface area contributed by atoms with E-state index in [1.165, 1.54) is 16.7 Å². The standard InChI is InChI=1S/C22H23O2P/c1-14-8-10-18(16(3)12-14)20-6-5-7-21(25(23)24)22(20)19-11-9-15(2)13-17(19)4/h5-13,23-24H,1-4H3. The molecular formula is C22H23O2P. The van der Waals surface area contributed by atoms with Crippen LogP contribution in [0.25, 0.3) is 22.3 Å². The molecule has 0 aliphatic rings. The predicted octanol–water partition coefficient (Wildman–Crippen LogP) is 5.18. The van der Waals surface area contributed by atoms with Gasteiger partial charge in [0.25, 0.3) is 0 Å². The van der Waals surface area contributed by atoms with Crippen molar-refractivity contribution in [1.29, 1.82) is 0 Å². The van der Waals surface area contributed by atoms with Crippen molar-refractivity contribution in [3.05, 3.63) is 76.9 Å². The molecule has 0 fully saturated rings. The number of benzene rings is 3. The molecule has 0 heterocycles. The van der Waals surface area contributed by atoms with Crippen molar-refractivity contribution in [1.82, 2.24) is 0 Å². The molecule has 0 bridgehead atoms. The highest BCUT2D eigenvalue weighted by Crippen LogP contribution is 2.39. The third-order valence-electron chi connectivity index (χ3n) is 4.58. The Morgan fingerprint density at radius 2 is 1.20 bits per heavy atom. The molecule has 0 saturated carbocycles. The van der Waals surface area contributed by atoms with Crippen LogP contribution in [0, 0.1) is 27.7 Å². The minimum absolute atomic E-state index is 0.597. The van der Waals surface area contributed by atoms with E-state index < -0.39 is 8.38 Å². The molecule has 0 aromatic heterocycles. The van der Waals surface area contributed by atoms with Crippen LogP contribution in [0.2, 0.25) is 0 Å². The van der Waals surface area contributed by atoms with Crippen molar-refractivity contribution in [2.75, 3.05) is 0 Å². The monoisotopic (exact) mass is 350 g/mol. The molecule has 0 amide bonds. The van der Waals surface area contributed by atoms with Gasteiger partial charge in [-0.25, -0.2) is 0 Å². The van der Waals surface area contributed by atoms with Gasteiger partial charge in [-0.15, -0.1) is 0 Å². The molecule has 0 aliphatic carbocycles. The van der Waals surface area contributed by atoms with Gasteiger partial charge in [-0.1, -0.05) is 59.7 Å². The third-order valence-corrected chi connectivity index (χ3v) is 5.38. The summed E-state index contributed by atoms with van der Waals surface area (Å²) < 4.78 is 0. The third kappa shape index (κ3) is 3.52. The Bertz CT molecular complexity index is 929. The van der Waals surface area contributed by atoms with Gasteiger partial charge in [-0.05, 0) is 61.6 Å². The Morgan fingerprint density at radius 1 is 0.640 bits per heavy atom. The molecule has 3 aromatic rings. The summed E-state index contributed by atoms with van der Waals surface area (Å²) in [5.41, 5.74) is 8.87. The Morgan fingerprint density at radius 3 is 1.72 bits per heavy atom. The maximum Gasteiger partial charge on any atom is 0.200 e. The second kappa shape index (κ2) is 7.09. The Balaban J connectivity index is 2.35. The number of aryl methyl sites for hydroxylation is 4. The fourth-order valence-electron chi connectivity index (χ4n) is 3.42. The molecule has 0 radical (unpaired) electrons. The average molecular weight is 350 g/mol. The highest BCUT2D eigenvalue weighted by Gasteiger charge is 2.19. The minimum Gasteiger partial charge on any atom is -0.347 e. The van der Waals surface area contributed by atoms with E-state index >= 15 is 0 Å². The van der Waals surface area contributed by atoms with Gasteiger partial charge < -0.3 is 9.79 Å². The zero-order valence-corrected chi connectivity index (χ0v) is 15.9. The predicted molar refractivity (Wildman–Crippen MR) is 107 cm³/mol. The number of hydrogen-bond acceptors (Lipinski definition) is 2. The van der Waals surface area contributed by atoms with Gasteiger partial charge in [0.15, 0.2) is 8.38 Å². The molecule has 0 spiro atoms. The summed E-state index contributed by atoms with van der Waals surface area (Å²) in [5.74, 6) is 0. The molecule has 25 heavy (non-hydrogen) atoms. The lowest BCUT2D eigenvalue weighted by molar-refractivity contribution is 0.497. The van der Waals surface area contributed by atoms with Gasteiger partial charge in [0.1, 0.15) is 0 Å². The Hall–Kier alpha value is -1.99. The summed E-state index contributed by atoms with van der Waals surface area (Å²) in [6.07, 6.45) is 0. The smallest absolute Gasteiger partial charge is 0.200 e. The molecule has 0 unspecified atom stereocenters.